The molecule has 1 aromatic rings. The van der Waals surface area contributed by atoms with Gasteiger partial charge in [-0.05, 0) is 45.2 Å². The molecule has 5 nitrogen and oxygen atoms in total. The lowest BCUT2D eigenvalue weighted by Gasteiger charge is -2.32. The number of aryl methyl sites for hydroxylation is 1. The first kappa shape index (κ1) is 16.4. The summed E-state index contributed by atoms with van der Waals surface area (Å²) in [5, 5.41) is 4.03. The Hall–Kier alpha value is -0.650. The van der Waals surface area contributed by atoms with Gasteiger partial charge in [0, 0.05) is 12.5 Å². The second-order valence-electron chi connectivity index (χ2n) is 5.33. The molecule has 1 atom stereocenters. The van der Waals surface area contributed by atoms with Crippen molar-refractivity contribution in [3.8, 4) is 0 Å². The number of nitrogens with two attached hydrogens (primary N) is 1. The summed E-state index contributed by atoms with van der Waals surface area (Å²) >= 11 is 0. The average molecular weight is 289 g/mol. The highest BCUT2D eigenvalue weighted by Gasteiger charge is 2.22. The standard InChI is InChI=1S/C13H24N4O.ClH/c1-3-4-13-15-12(16-18-13)9-17-7-5-11(6-8-17)10(2)14;/h10-11H,3-9,14H2,1-2H3;1H. The molecule has 110 valence electrons. The van der Waals surface area contributed by atoms with E-state index >= 15 is 0 Å². The zero-order valence-electron chi connectivity index (χ0n) is 11.8. The van der Waals surface area contributed by atoms with Gasteiger partial charge in [0.15, 0.2) is 5.82 Å². The summed E-state index contributed by atoms with van der Waals surface area (Å²) in [4.78, 5) is 6.79. The van der Waals surface area contributed by atoms with Crippen LogP contribution in [0.4, 0.5) is 0 Å². The molecule has 0 aromatic carbocycles. The van der Waals surface area contributed by atoms with Crippen molar-refractivity contribution in [3.05, 3.63) is 11.7 Å². The third kappa shape index (κ3) is 4.75. The van der Waals surface area contributed by atoms with Crippen molar-refractivity contribution in [1.29, 1.82) is 0 Å². The molecule has 0 bridgehead atoms. The quantitative estimate of drug-likeness (QED) is 0.897. The SMILES string of the molecule is CCCc1nc(CN2CCC(C(C)N)CC2)no1.Cl. The van der Waals surface area contributed by atoms with Crippen LogP contribution in [0.15, 0.2) is 4.52 Å². The van der Waals surface area contributed by atoms with E-state index in [0.29, 0.717) is 12.0 Å². The van der Waals surface area contributed by atoms with Crippen LogP contribution < -0.4 is 5.73 Å². The van der Waals surface area contributed by atoms with E-state index in [2.05, 4.69) is 28.9 Å². The van der Waals surface area contributed by atoms with E-state index in [1.807, 2.05) is 0 Å². The Bertz CT molecular complexity index is 361. The minimum absolute atomic E-state index is 0. The fourth-order valence-electron chi connectivity index (χ4n) is 2.51. The van der Waals surface area contributed by atoms with Gasteiger partial charge >= 0.3 is 0 Å². The average Bonchev–Trinajstić information content (AvgIpc) is 2.78. The predicted molar refractivity (Wildman–Crippen MR) is 77.2 cm³/mol. The van der Waals surface area contributed by atoms with E-state index < -0.39 is 0 Å². The van der Waals surface area contributed by atoms with Crippen LogP contribution in [-0.2, 0) is 13.0 Å². The van der Waals surface area contributed by atoms with E-state index in [0.717, 1.165) is 44.2 Å². The topological polar surface area (TPSA) is 68.2 Å². The number of nitrogens with zero attached hydrogens (tertiary/aromatic N) is 3. The maximum Gasteiger partial charge on any atom is 0.226 e. The van der Waals surface area contributed by atoms with Gasteiger partial charge in [0.2, 0.25) is 5.89 Å². The Balaban J connectivity index is 0.00000180. The molecule has 0 saturated carbocycles. The van der Waals surface area contributed by atoms with Crippen LogP contribution in [0.1, 0.15) is 44.8 Å². The van der Waals surface area contributed by atoms with Crippen LogP contribution in [0.2, 0.25) is 0 Å². The maximum absolute atomic E-state index is 5.94. The van der Waals surface area contributed by atoms with Crippen LogP contribution in [0.3, 0.4) is 0 Å². The summed E-state index contributed by atoms with van der Waals surface area (Å²) < 4.78 is 5.20. The molecule has 1 aliphatic rings. The highest BCUT2D eigenvalue weighted by Crippen LogP contribution is 2.20. The molecule has 0 radical (unpaired) electrons. The highest BCUT2D eigenvalue weighted by atomic mass is 35.5. The molecule has 1 aliphatic heterocycles. The van der Waals surface area contributed by atoms with Gasteiger partial charge in [0.1, 0.15) is 0 Å². The Morgan fingerprint density at radius 1 is 1.42 bits per heavy atom. The third-order valence-electron chi connectivity index (χ3n) is 3.71. The molecule has 2 rings (SSSR count). The third-order valence-corrected chi connectivity index (χ3v) is 3.71. The van der Waals surface area contributed by atoms with E-state index in [-0.39, 0.29) is 12.4 Å². The van der Waals surface area contributed by atoms with Gasteiger partial charge < -0.3 is 10.3 Å². The molecule has 0 aliphatic carbocycles. The van der Waals surface area contributed by atoms with E-state index in [9.17, 15) is 0 Å². The number of aromatic nitrogens is 2. The van der Waals surface area contributed by atoms with Gasteiger partial charge in [-0.1, -0.05) is 12.1 Å². The van der Waals surface area contributed by atoms with Crippen molar-refractivity contribution in [2.45, 2.75) is 52.1 Å². The maximum atomic E-state index is 5.94. The lowest BCUT2D eigenvalue weighted by molar-refractivity contribution is 0.161. The lowest BCUT2D eigenvalue weighted by Crippen LogP contribution is -2.39. The zero-order valence-corrected chi connectivity index (χ0v) is 12.7. The molecular weight excluding hydrogens is 264 g/mol. The van der Waals surface area contributed by atoms with Crippen molar-refractivity contribution in [3.63, 3.8) is 0 Å². The van der Waals surface area contributed by atoms with Crippen LogP contribution in [0.5, 0.6) is 0 Å². The van der Waals surface area contributed by atoms with E-state index in [4.69, 9.17) is 10.3 Å². The second-order valence-corrected chi connectivity index (χ2v) is 5.33. The van der Waals surface area contributed by atoms with E-state index in [1.54, 1.807) is 0 Å². The van der Waals surface area contributed by atoms with Crippen molar-refractivity contribution < 1.29 is 4.52 Å². The number of hydrogen-bond donors (Lipinski definition) is 1. The smallest absolute Gasteiger partial charge is 0.226 e. The Kier molecular flexibility index (Phi) is 6.75. The van der Waals surface area contributed by atoms with Crippen molar-refractivity contribution >= 4 is 12.4 Å². The second kappa shape index (κ2) is 7.82. The molecule has 19 heavy (non-hydrogen) atoms. The summed E-state index contributed by atoms with van der Waals surface area (Å²) in [6.45, 7) is 7.20. The number of likely N-dealkylation sites (tertiary alicyclic amines) is 1. The molecule has 2 N–H and O–H groups in total. The minimum atomic E-state index is 0. The fraction of sp³-hybridized carbons (Fsp3) is 0.846. The largest absolute Gasteiger partial charge is 0.339 e. The zero-order chi connectivity index (χ0) is 13.0. The van der Waals surface area contributed by atoms with Gasteiger partial charge in [-0.15, -0.1) is 12.4 Å². The molecular formula is C13H25ClN4O. The van der Waals surface area contributed by atoms with Crippen LogP contribution in [0.25, 0.3) is 0 Å². The summed E-state index contributed by atoms with van der Waals surface area (Å²) in [6.07, 6.45) is 4.27. The highest BCUT2D eigenvalue weighted by molar-refractivity contribution is 5.85. The number of hydrogen-bond acceptors (Lipinski definition) is 5. The summed E-state index contributed by atoms with van der Waals surface area (Å²) in [7, 11) is 0. The molecule has 1 fully saturated rings. The lowest BCUT2D eigenvalue weighted by atomic mass is 9.91. The van der Waals surface area contributed by atoms with Gasteiger partial charge in [0.25, 0.3) is 0 Å². The minimum Gasteiger partial charge on any atom is -0.339 e. The first-order valence-electron chi connectivity index (χ1n) is 6.98. The summed E-state index contributed by atoms with van der Waals surface area (Å²) in [6, 6.07) is 0.313. The summed E-state index contributed by atoms with van der Waals surface area (Å²) in [5.41, 5.74) is 5.94. The molecule has 2 heterocycles. The van der Waals surface area contributed by atoms with Gasteiger partial charge in [-0.3, -0.25) is 4.90 Å². The number of rotatable bonds is 5. The van der Waals surface area contributed by atoms with Crippen molar-refractivity contribution in [1.82, 2.24) is 15.0 Å². The summed E-state index contributed by atoms with van der Waals surface area (Å²) in [5.74, 6) is 2.25. The van der Waals surface area contributed by atoms with Crippen LogP contribution >= 0.6 is 12.4 Å². The Morgan fingerprint density at radius 3 is 2.68 bits per heavy atom. The Labute approximate surface area is 121 Å². The normalized spacial score (nSPS) is 19.1. The first-order valence-corrected chi connectivity index (χ1v) is 6.98. The molecule has 1 saturated heterocycles. The molecule has 0 amide bonds. The van der Waals surface area contributed by atoms with Crippen LogP contribution in [-0.4, -0.2) is 34.2 Å². The molecule has 0 spiro atoms. The fourth-order valence-corrected chi connectivity index (χ4v) is 2.51. The van der Waals surface area contributed by atoms with Crippen molar-refractivity contribution in [2.75, 3.05) is 13.1 Å². The molecule has 1 aromatic heterocycles. The van der Waals surface area contributed by atoms with E-state index in [1.165, 1.54) is 12.8 Å². The number of halogens is 1. The molecule has 6 heteroatoms. The van der Waals surface area contributed by atoms with Gasteiger partial charge in [0.05, 0.1) is 6.54 Å². The van der Waals surface area contributed by atoms with Crippen molar-refractivity contribution in [2.24, 2.45) is 11.7 Å². The van der Waals surface area contributed by atoms with Crippen LogP contribution in [0, 0.1) is 5.92 Å². The number of piperidine rings is 1. The predicted octanol–water partition coefficient (Wildman–Crippen LogP) is 2.00. The van der Waals surface area contributed by atoms with Gasteiger partial charge in [-0.2, -0.15) is 4.98 Å². The molecule has 1 unspecified atom stereocenters. The first-order chi connectivity index (χ1) is 8.69. The monoisotopic (exact) mass is 288 g/mol. The van der Waals surface area contributed by atoms with Gasteiger partial charge in [-0.25, -0.2) is 0 Å². The Morgan fingerprint density at radius 2 is 2.11 bits per heavy atom.